The van der Waals surface area contributed by atoms with Crippen molar-refractivity contribution in [1.82, 2.24) is 0 Å². The molecular formula is C12H9FO4S. The molecule has 4 nitrogen and oxygen atoms in total. The zero-order valence-electron chi connectivity index (χ0n) is 9.04. The Bertz CT molecular complexity index is 678. The second kappa shape index (κ2) is 4.40. The molecule has 0 saturated carbocycles. The number of halogens is 1. The van der Waals surface area contributed by atoms with Crippen molar-refractivity contribution in [3.63, 3.8) is 0 Å². The van der Waals surface area contributed by atoms with Crippen LogP contribution in [-0.4, -0.2) is 18.1 Å². The minimum atomic E-state index is -4.50. The molecule has 2 N–H and O–H groups in total. The molecule has 0 fully saturated rings. The van der Waals surface area contributed by atoms with Gasteiger partial charge < -0.3 is 5.11 Å². The van der Waals surface area contributed by atoms with Gasteiger partial charge in [-0.3, -0.25) is 4.55 Å². The number of benzene rings is 2. The fourth-order valence-corrected chi connectivity index (χ4v) is 2.15. The maximum atomic E-state index is 12.8. The molecule has 0 radical (unpaired) electrons. The van der Waals surface area contributed by atoms with Gasteiger partial charge in [0.2, 0.25) is 0 Å². The van der Waals surface area contributed by atoms with Crippen molar-refractivity contribution in [3.05, 3.63) is 48.3 Å². The summed E-state index contributed by atoms with van der Waals surface area (Å²) in [7, 11) is -4.50. The molecule has 0 aromatic heterocycles. The van der Waals surface area contributed by atoms with Gasteiger partial charge in [-0.05, 0) is 35.4 Å². The molecule has 2 aromatic carbocycles. The van der Waals surface area contributed by atoms with Crippen LogP contribution in [0.3, 0.4) is 0 Å². The van der Waals surface area contributed by atoms with E-state index in [9.17, 15) is 17.9 Å². The molecule has 2 aromatic rings. The van der Waals surface area contributed by atoms with Crippen molar-refractivity contribution in [2.75, 3.05) is 0 Å². The molecule has 18 heavy (non-hydrogen) atoms. The molecule has 0 aliphatic carbocycles. The van der Waals surface area contributed by atoms with Crippen LogP contribution in [0.2, 0.25) is 0 Å². The molecule has 0 heterocycles. The van der Waals surface area contributed by atoms with Gasteiger partial charge in [0.1, 0.15) is 16.5 Å². The largest absolute Gasteiger partial charge is 0.506 e. The van der Waals surface area contributed by atoms with Gasteiger partial charge in [0, 0.05) is 0 Å². The van der Waals surface area contributed by atoms with E-state index in [0.717, 1.165) is 12.1 Å². The Kier molecular flexibility index (Phi) is 3.06. The van der Waals surface area contributed by atoms with E-state index < -0.39 is 26.6 Å². The highest BCUT2D eigenvalue weighted by Crippen LogP contribution is 2.28. The number of aromatic hydroxyl groups is 1. The molecule has 0 unspecified atom stereocenters. The third kappa shape index (κ3) is 2.49. The summed E-state index contributed by atoms with van der Waals surface area (Å²) in [5, 5.41) is 9.36. The fourth-order valence-electron chi connectivity index (χ4n) is 1.54. The number of phenolic OH excluding ortho intramolecular Hbond substituents is 1. The van der Waals surface area contributed by atoms with Crippen LogP contribution >= 0.6 is 0 Å². The predicted molar refractivity (Wildman–Crippen MR) is 63.3 cm³/mol. The van der Waals surface area contributed by atoms with E-state index in [0.29, 0.717) is 11.1 Å². The summed E-state index contributed by atoms with van der Waals surface area (Å²) >= 11 is 0. The third-order valence-corrected chi connectivity index (χ3v) is 3.30. The van der Waals surface area contributed by atoms with Crippen LogP contribution in [-0.2, 0) is 10.1 Å². The van der Waals surface area contributed by atoms with Crippen molar-refractivity contribution in [2.24, 2.45) is 0 Å². The Labute approximate surface area is 103 Å². The maximum Gasteiger partial charge on any atom is 0.298 e. The van der Waals surface area contributed by atoms with Gasteiger partial charge in [0.15, 0.2) is 0 Å². The van der Waals surface area contributed by atoms with Crippen LogP contribution in [0.4, 0.5) is 4.39 Å². The zero-order chi connectivity index (χ0) is 13.3. The number of phenols is 1. The summed E-state index contributed by atoms with van der Waals surface area (Å²) in [6, 6.07) is 9.15. The molecule has 94 valence electrons. The molecule has 0 spiro atoms. The summed E-state index contributed by atoms with van der Waals surface area (Å²) in [4.78, 5) is -0.579. The summed E-state index contributed by atoms with van der Waals surface area (Å²) in [5.74, 6) is -0.948. The second-order valence-electron chi connectivity index (χ2n) is 3.66. The standard InChI is InChI=1S/C12H9FO4S/c13-10-4-1-8(2-5-10)9-3-6-11(14)12(7-9)18(15,16)17/h1-7,14H,(H,15,16,17). The van der Waals surface area contributed by atoms with E-state index in [4.69, 9.17) is 4.55 Å². The smallest absolute Gasteiger partial charge is 0.298 e. The van der Waals surface area contributed by atoms with Crippen molar-refractivity contribution < 1.29 is 22.5 Å². The summed E-state index contributed by atoms with van der Waals surface area (Å²) < 4.78 is 43.8. The topological polar surface area (TPSA) is 74.6 Å². The lowest BCUT2D eigenvalue weighted by molar-refractivity contribution is 0.443. The number of rotatable bonds is 2. The highest BCUT2D eigenvalue weighted by atomic mass is 32.2. The van der Waals surface area contributed by atoms with Crippen LogP contribution in [0.5, 0.6) is 5.75 Å². The van der Waals surface area contributed by atoms with Crippen molar-refractivity contribution in [1.29, 1.82) is 0 Å². The monoisotopic (exact) mass is 268 g/mol. The minimum Gasteiger partial charge on any atom is -0.506 e. The molecule has 0 bridgehead atoms. The molecular weight excluding hydrogens is 259 g/mol. The first kappa shape index (κ1) is 12.5. The normalized spacial score (nSPS) is 11.4. The van der Waals surface area contributed by atoms with Gasteiger partial charge in [0.25, 0.3) is 10.1 Å². The van der Waals surface area contributed by atoms with Crippen LogP contribution in [0, 0.1) is 5.82 Å². The Morgan fingerprint density at radius 2 is 1.50 bits per heavy atom. The van der Waals surface area contributed by atoms with E-state index in [1.165, 1.54) is 30.3 Å². The Morgan fingerprint density at radius 3 is 2.06 bits per heavy atom. The molecule has 0 aliphatic rings. The lowest BCUT2D eigenvalue weighted by Gasteiger charge is -2.05. The SMILES string of the molecule is O=S(=O)(O)c1cc(-c2ccc(F)cc2)ccc1O. The number of hydrogen-bond acceptors (Lipinski definition) is 3. The van der Waals surface area contributed by atoms with Crippen molar-refractivity contribution >= 4 is 10.1 Å². The molecule has 2 rings (SSSR count). The van der Waals surface area contributed by atoms with Crippen LogP contribution in [0.25, 0.3) is 11.1 Å². The highest BCUT2D eigenvalue weighted by molar-refractivity contribution is 7.86. The van der Waals surface area contributed by atoms with Crippen molar-refractivity contribution in [2.45, 2.75) is 4.90 Å². The summed E-state index contributed by atoms with van der Waals surface area (Å²) in [5.41, 5.74) is 1.02. The predicted octanol–water partition coefficient (Wildman–Crippen LogP) is 2.45. The van der Waals surface area contributed by atoms with E-state index >= 15 is 0 Å². The first-order valence-corrected chi connectivity index (χ1v) is 6.38. The average molecular weight is 268 g/mol. The lowest BCUT2D eigenvalue weighted by Crippen LogP contribution is -1.98. The van der Waals surface area contributed by atoms with E-state index in [1.807, 2.05) is 0 Å². The van der Waals surface area contributed by atoms with E-state index in [1.54, 1.807) is 0 Å². The number of hydrogen-bond donors (Lipinski definition) is 2. The van der Waals surface area contributed by atoms with Gasteiger partial charge >= 0.3 is 0 Å². The lowest BCUT2D eigenvalue weighted by atomic mass is 10.1. The molecule has 0 atom stereocenters. The first-order valence-electron chi connectivity index (χ1n) is 4.94. The molecule has 0 aliphatic heterocycles. The Morgan fingerprint density at radius 1 is 0.944 bits per heavy atom. The minimum absolute atomic E-state index is 0.410. The highest BCUT2D eigenvalue weighted by Gasteiger charge is 2.16. The summed E-state index contributed by atoms with van der Waals surface area (Å²) in [6.07, 6.45) is 0. The maximum absolute atomic E-state index is 12.8. The quantitative estimate of drug-likeness (QED) is 0.820. The van der Waals surface area contributed by atoms with Gasteiger partial charge in [-0.2, -0.15) is 8.42 Å². The van der Waals surface area contributed by atoms with Crippen LogP contribution in [0.1, 0.15) is 0 Å². The van der Waals surface area contributed by atoms with Gasteiger partial charge in [-0.25, -0.2) is 4.39 Å². The van der Waals surface area contributed by atoms with Crippen LogP contribution < -0.4 is 0 Å². The summed E-state index contributed by atoms with van der Waals surface area (Å²) in [6.45, 7) is 0. The van der Waals surface area contributed by atoms with Crippen molar-refractivity contribution in [3.8, 4) is 16.9 Å². The molecule has 0 saturated heterocycles. The average Bonchev–Trinajstić information content (AvgIpc) is 2.29. The fraction of sp³-hybridized carbons (Fsp3) is 0. The Balaban J connectivity index is 2.57. The Hall–Kier alpha value is -1.92. The van der Waals surface area contributed by atoms with Crippen LogP contribution in [0.15, 0.2) is 47.4 Å². The zero-order valence-corrected chi connectivity index (χ0v) is 9.86. The molecule has 0 amide bonds. The van der Waals surface area contributed by atoms with Gasteiger partial charge in [-0.15, -0.1) is 0 Å². The van der Waals surface area contributed by atoms with E-state index in [-0.39, 0.29) is 0 Å². The van der Waals surface area contributed by atoms with E-state index in [2.05, 4.69) is 0 Å². The first-order chi connectivity index (χ1) is 8.38. The third-order valence-electron chi connectivity index (χ3n) is 2.42. The van der Waals surface area contributed by atoms with Gasteiger partial charge in [0.05, 0.1) is 0 Å². The second-order valence-corrected chi connectivity index (χ2v) is 5.05. The molecule has 6 heteroatoms. The van der Waals surface area contributed by atoms with Gasteiger partial charge in [-0.1, -0.05) is 18.2 Å².